The fourth-order valence-electron chi connectivity index (χ4n) is 4.64. The number of amidine groups is 1. The largest absolute Gasteiger partial charge is 0.490 e. The van der Waals surface area contributed by atoms with E-state index < -0.39 is 27.1 Å². The Morgan fingerprint density at radius 2 is 1.79 bits per heavy atom. The van der Waals surface area contributed by atoms with E-state index in [9.17, 15) is 17.8 Å². The number of ketones is 1. The maximum absolute atomic E-state index is 15.4. The van der Waals surface area contributed by atoms with E-state index in [4.69, 9.17) is 14.9 Å². The van der Waals surface area contributed by atoms with Crippen molar-refractivity contribution in [3.8, 4) is 11.5 Å². The Morgan fingerprint density at radius 3 is 2.32 bits per heavy atom. The van der Waals surface area contributed by atoms with Crippen molar-refractivity contribution in [3.05, 3.63) is 51.8 Å². The Kier molecular flexibility index (Phi) is 8.42. The van der Waals surface area contributed by atoms with Gasteiger partial charge in [0.25, 0.3) is 10.1 Å². The fraction of sp³-hybridized carbons (Fsp3) is 0.481. The summed E-state index contributed by atoms with van der Waals surface area (Å²) in [5, 5.41) is 8.60. The molecule has 38 heavy (non-hydrogen) atoms. The average Bonchev–Trinajstić information content (AvgIpc) is 3.09. The molecular formula is C27H36FN3O6S. The molecule has 0 fully saturated rings. The van der Waals surface area contributed by atoms with Gasteiger partial charge in [-0.15, -0.1) is 0 Å². The number of anilines is 1. The Hall–Kier alpha value is -3.18. The molecule has 3 rings (SSSR count). The molecule has 0 aromatic heterocycles. The van der Waals surface area contributed by atoms with Gasteiger partial charge in [0.05, 0.1) is 25.3 Å². The maximum Gasteiger partial charge on any atom is 0.269 e. The third kappa shape index (κ3) is 6.10. The van der Waals surface area contributed by atoms with E-state index in [2.05, 4.69) is 0 Å². The normalized spacial score (nSPS) is 13.5. The fourth-order valence-corrected chi connectivity index (χ4v) is 5.31. The summed E-state index contributed by atoms with van der Waals surface area (Å²) in [7, 11) is -0.875. The Bertz CT molecular complexity index is 1370. The van der Waals surface area contributed by atoms with Crippen LogP contribution in [0.4, 0.5) is 10.1 Å². The van der Waals surface area contributed by atoms with E-state index in [0.717, 1.165) is 0 Å². The molecule has 0 bridgehead atoms. The summed E-state index contributed by atoms with van der Waals surface area (Å²) in [6.07, 6.45) is 0. The summed E-state index contributed by atoms with van der Waals surface area (Å²) in [5.74, 6) is -1.51. The van der Waals surface area contributed by atoms with Gasteiger partial charge in [0.15, 0.2) is 23.1 Å². The molecule has 0 amide bonds. The predicted octanol–water partition coefficient (Wildman–Crippen LogP) is 4.40. The zero-order valence-corrected chi connectivity index (χ0v) is 23.8. The summed E-state index contributed by atoms with van der Waals surface area (Å²) in [4.78, 5) is 16.7. The van der Waals surface area contributed by atoms with Crippen molar-refractivity contribution in [2.45, 2.75) is 52.3 Å². The van der Waals surface area contributed by atoms with Gasteiger partial charge in [-0.2, -0.15) is 8.42 Å². The number of ether oxygens (including phenoxy) is 2. The monoisotopic (exact) mass is 549 g/mol. The second-order valence-electron chi connectivity index (χ2n) is 10.4. The minimum atomic E-state index is -4.33. The molecule has 0 radical (unpaired) electrons. The lowest BCUT2D eigenvalue weighted by molar-refractivity contribution is 0.0962. The van der Waals surface area contributed by atoms with E-state index in [1.54, 1.807) is 51.0 Å². The van der Waals surface area contributed by atoms with Crippen LogP contribution in [0.25, 0.3) is 0 Å². The SMILES string of the molecule is CCOc1cc2c(c(F)c1OCC)C(=N)N(CC(=O)c1cc(N(C)C)c(CS(=O)(=O)O)c(C(C)(C)C)c1)C2. The minimum Gasteiger partial charge on any atom is -0.490 e. The van der Waals surface area contributed by atoms with Gasteiger partial charge in [-0.1, -0.05) is 20.8 Å². The number of Topliss-reactive ketones (excluding diaryl/α,β-unsaturated/α-hetero) is 1. The Labute approximate surface area is 223 Å². The number of benzene rings is 2. The number of nitrogens with one attached hydrogen (secondary N) is 1. The zero-order valence-electron chi connectivity index (χ0n) is 22.9. The molecule has 1 heterocycles. The van der Waals surface area contributed by atoms with Crippen LogP contribution in [-0.4, -0.2) is 63.3 Å². The molecule has 0 atom stereocenters. The van der Waals surface area contributed by atoms with Gasteiger partial charge < -0.3 is 19.3 Å². The number of carbonyl (C=O) groups is 1. The zero-order chi connectivity index (χ0) is 28.6. The molecule has 0 saturated carbocycles. The number of hydrogen-bond acceptors (Lipinski definition) is 7. The summed E-state index contributed by atoms with van der Waals surface area (Å²) >= 11 is 0. The lowest BCUT2D eigenvalue weighted by atomic mass is 9.82. The molecule has 2 aromatic carbocycles. The lowest BCUT2D eigenvalue weighted by Gasteiger charge is -2.28. The molecule has 208 valence electrons. The smallest absolute Gasteiger partial charge is 0.269 e. The molecule has 0 spiro atoms. The summed E-state index contributed by atoms with van der Waals surface area (Å²) in [6, 6.07) is 4.88. The van der Waals surface area contributed by atoms with Crippen LogP contribution >= 0.6 is 0 Å². The molecule has 11 heteroatoms. The Morgan fingerprint density at radius 1 is 1.16 bits per heavy atom. The first-order chi connectivity index (χ1) is 17.6. The third-order valence-electron chi connectivity index (χ3n) is 6.27. The second kappa shape index (κ2) is 10.9. The number of fused-ring (bicyclic) bond motifs is 1. The number of carbonyl (C=O) groups excluding carboxylic acids is 1. The first kappa shape index (κ1) is 29.4. The van der Waals surface area contributed by atoms with Crippen molar-refractivity contribution >= 4 is 27.4 Å². The highest BCUT2D eigenvalue weighted by molar-refractivity contribution is 7.85. The molecule has 1 aliphatic rings. The first-order valence-corrected chi connectivity index (χ1v) is 14.0. The van der Waals surface area contributed by atoms with Crippen molar-refractivity contribution in [3.63, 3.8) is 0 Å². The summed E-state index contributed by atoms with van der Waals surface area (Å²) in [5.41, 5.74) is 1.91. The van der Waals surface area contributed by atoms with Crippen LogP contribution in [0.15, 0.2) is 18.2 Å². The summed E-state index contributed by atoms with van der Waals surface area (Å²) < 4.78 is 59.6. The van der Waals surface area contributed by atoms with E-state index in [-0.39, 0.29) is 48.4 Å². The van der Waals surface area contributed by atoms with Crippen molar-refractivity contribution in [2.24, 2.45) is 0 Å². The standard InChI is InChI=1S/C27H36FN3O6S/c1-8-36-22-12-17-13-31(26(29)23(17)24(28)25(22)37-9-2)14-21(32)16-10-19(27(3,4)5)18(15-38(33,34)35)20(11-16)30(6)7/h10-12,29H,8-9,13-15H2,1-7H3,(H,33,34,35). The van der Waals surface area contributed by atoms with Crippen LogP contribution in [0.5, 0.6) is 11.5 Å². The van der Waals surface area contributed by atoms with Crippen LogP contribution in [0.1, 0.15) is 67.2 Å². The molecule has 0 saturated heterocycles. The van der Waals surface area contributed by atoms with Gasteiger partial charge in [-0.25, -0.2) is 4.39 Å². The van der Waals surface area contributed by atoms with Gasteiger partial charge in [-0.05, 0) is 54.2 Å². The number of hydrogen-bond donors (Lipinski definition) is 2. The molecule has 0 unspecified atom stereocenters. The van der Waals surface area contributed by atoms with Gasteiger partial charge in [0.1, 0.15) is 11.6 Å². The Balaban J connectivity index is 2.01. The van der Waals surface area contributed by atoms with Crippen LogP contribution < -0.4 is 14.4 Å². The van der Waals surface area contributed by atoms with E-state index >= 15 is 4.39 Å². The maximum atomic E-state index is 15.4. The number of rotatable bonds is 10. The predicted molar refractivity (Wildman–Crippen MR) is 145 cm³/mol. The molecule has 0 aliphatic carbocycles. The van der Waals surface area contributed by atoms with Crippen LogP contribution in [0, 0.1) is 11.2 Å². The van der Waals surface area contributed by atoms with E-state index in [0.29, 0.717) is 34.5 Å². The molecule has 2 aromatic rings. The molecular weight excluding hydrogens is 513 g/mol. The minimum absolute atomic E-state index is 0.0501. The van der Waals surface area contributed by atoms with Gasteiger partial charge >= 0.3 is 0 Å². The van der Waals surface area contributed by atoms with Gasteiger partial charge in [0, 0.05) is 31.9 Å². The summed E-state index contributed by atoms with van der Waals surface area (Å²) in [6.45, 7) is 9.70. The van der Waals surface area contributed by atoms with Crippen molar-refractivity contribution in [2.75, 3.05) is 38.8 Å². The second-order valence-corrected chi connectivity index (χ2v) is 11.9. The van der Waals surface area contributed by atoms with E-state index in [1.807, 2.05) is 20.8 Å². The highest BCUT2D eigenvalue weighted by atomic mass is 32.2. The quantitative estimate of drug-likeness (QED) is 0.331. The number of nitrogens with zero attached hydrogens (tertiary/aromatic N) is 2. The molecule has 9 nitrogen and oxygen atoms in total. The highest BCUT2D eigenvalue weighted by Crippen LogP contribution is 2.39. The van der Waals surface area contributed by atoms with Crippen molar-refractivity contribution in [1.82, 2.24) is 4.90 Å². The van der Waals surface area contributed by atoms with Crippen LogP contribution in [-0.2, 0) is 27.8 Å². The molecule has 2 N–H and O–H groups in total. The third-order valence-corrected chi connectivity index (χ3v) is 6.92. The first-order valence-electron chi connectivity index (χ1n) is 12.4. The van der Waals surface area contributed by atoms with E-state index in [1.165, 1.54) is 4.90 Å². The van der Waals surface area contributed by atoms with Crippen molar-refractivity contribution in [1.29, 1.82) is 5.41 Å². The van der Waals surface area contributed by atoms with Crippen LogP contribution in [0.3, 0.4) is 0 Å². The molecule has 1 aliphatic heterocycles. The highest BCUT2D eigenvalue weighted by Gasteiger charge is 2.34. The van der Waals surface area contributed by atoms with Crippen molar-refractivity contribution < 1.29 is 31.6 Å². The lowest BCUT2D eigenvalue weighted by Crippen LogP contribution is -2.31. The topological polar surface area (TPSA) is 120 Å². The van der Waals surface area contributed by atoms with Crippen LogP contribution in [0.2, 0.25) is 0 Å². The van der Waals surface area contributed by atoms with Gasteiger partial charge in [-0.3, -0.25) is 14.8 Å². The number of halogens is 1. The van der Waals surface area contributed by atoms with Gasteiger partial charge in [0.2, 0.25) is 0 Å². The average molecular weight is 550 g/mol.